The number of aromatic nitrogens is 4. The molecule has 36 heavy (non-hydrogen) atoms. The lowest BCUT2D eigenvalue weighted by molar-refractivity contribution is -0.141. The van der Waals surface area contributed by atoms with Gasteiger partial charge in [0.2, 0.25) is 5.91 Å². The number of amides is 1. The molecular formula is C25H22F3N5O2S. The normalized spacial score (nSPS) is 12.4. The molecule has 7 nitrogen and oxygen atoms in total. The van der Waals surface area contributed by atoms with Crippen molar-refractivity contribution in [3.8, 4) is 16.9 Å². The summed E-state index contributed by atoms with van der Waals surface area (Å²) in [5.74, 6) is -0.562. The van der Waals surface area contributed by atoms with E-state index in [2.05, 4.69) is 15.3 Å². The van der Waals surface area contributed by atoms with Crippen LogP contribution >= 0.6 is 11.8 Å². The molecule has 4 rings (SSSR count). The Hall–Kier alpha value is -3.86. The topological polar surface area (TPSA) is 81.8 Å². The first-order valence-electron chi connectivity index (χ1n) is 10.9. The van der Waals surface area contributed by atoms with Crippen molar-refractivity contribution in [2.45, 2.75) is 30.4 Å². The van der Waals surface area contributed by atoms with Crippen molar-refractivity contribution in [1.29, 1.82) is 0 Å². The van der Waals surface area contributed by atoms with Gasteiger partial charge < -0.3 is 5.32 Å². The van der Waals surface area contributed by atoms with Gasteiger partial charge in [0, 0.05) is 12.6 Å². The number of alkyl halides is 3. The average molecular weight is 514 g/mol. The zero-order valence-corrected chi connectivity index (χ0v) is 20.4. The third-order valence-corrected chi connectivity index (χ3v) is 6.48. The average Bonchev–Trinajstić information content (AvgIpc) is 3.07. The Balaban J connectivity index is 1.60. The number of para-hydroxylation sites is 1. The minimum absolute atomic E-state index is 0.0914. The molecule has 2 aromatic carbocycles. The highest BCUT2D eigenvalue weighted by Gasteiger charge is 2.34. The maximum atomic E-state index is 13.5. The summed E-state index contributed by atoms with van der Waals surface area (Å²) >= 11 is 0.779. The molecular weight excluding hydrogens is 491 g/mol. The molecule has 0 saturated heterocycles. The highest BCUT2D eigenvalue weighted by Crippen LogP contribution is 2.33. The minimum atomic E-state index is -4.68. The van der Waals surface area contributed by atoms with Crippen LogP contribution in [0.15, 0.2) is 76.7 Å². The van der Waals surface area contributed by atoms with Crippen LogP contribution in [0.2, 0.25) is 0 Å². The number of halogens is 3. The van der Waals surface area contributed by atoms with Crippen LogP contribution in [0.3, 0.4) is 0 Å². The number of nitrogens with one attached hydrogen (secondary N) is 1. The van der Waals surface area contributed by atoms with E-state index in [9.17, 15) is 22.8 Å². The molecule has 2 aromatic heterocycles. The van der Waals surface area contributed by atoms with Crippen molar-refractivity contribution < 1.29 is 18.0 Å². The molecule has 4 aromatic rings. The molecule has 186 valence electrons. The molecule has 0 saturated carbocycles. The van der Waals surface area contributed by atoms with Gasteiger partial charge in [-0.3, -0.25) is 14.3 Å². The predicted molar refractivity (Wildman–Crippen MR) is 132 cm³/mol. The van der Waals surface area contributed by atoms with Crippen LogP contribution in [0, 0.1) is 6.92 Å². The Kier molecular flexibility index (Phi) is 7.02. The summed E-state index contributed by atoms with van der Waals surface area (Å²) in [7, 11) is 1.69. The molecule has 0 aliphatic rings. The van der Waals surface area contributed by atoms with Gasteiger partial charge in [-0.1, -0.05) is 60.3 Å². The van der Waals surface area contributed by atoms with Crippen LogP contribution < -0.4 is 10.9 Å². The number of thioether (sulfide) groups is 1. The summed E-state index contributed by atoms with van der Waals surface area (Å²) in [6, 6.07) is 18.2. The zero-order valence-electron chi connectivity index (χ0n) is 19.6. The summed E-state index contributed by atoms with van der Waals surface area (Å²) < 4.78 is 43.5. The number of nitrogens with zero attached hydrogens (tertiary/aromatic N) is 4. The Labute approximate surface area is 209 Å². The highest BCUT2D eigenvalue weighted by molar-refractivity contribution is 8.00. The van der Waals surface area contributed by atoms with Crippen LogP contribution in [0.25, 0.3) is 16.9 Å². The molecule has 1 unspecified atom stereocenters. The van der Waals surface area contributed by atoms with Crippen LogP contribution in [0.4, 0.5) is 18.9 Å². The van der Waals surface area contributed by atoms with Crippen LogP contribution in [-0.4, -0.2) is 30.5 Å². The SMILES string of the molecule is Cc1c(NC(=O)C(C)Sc2nc(-c3ccccc3)cc(C(F)(F)F)n2)c(=O)n(-c2ccccc2)n1C. The van der Waals surface area contributed by atoms with E-state index < -0.39 is 28.6 Å². The lowest BCUT2D eigenvalue weighted by atomic mass is 10.1. The fourth-order valence-corrected chi connectivity index (χ4v) is 4.31. The first kappa shape index (κ1) is 25.2. The second-order valence-corrected chi connectivity index (χ2v) is 9.28. The molecule has 1 N–H and O–H groups in total. The van der Waals surface area contributed by atoms with E-state index in [1.54, 1.807) is 73.3 Å². The zero-order chi connectivity index (χ0) is 26.0. The van der Waals surface area contributed by atoms with E-state index in [-0.39, 0.29) is 16.5 Å². The smallest absolute Gasteiger partial charge is 0.319 e. The second kappa shape index (κ2) is 10.0. The van der Waals surface area contributed by atoms with Crippen molar-refractivity contribution in [1.82, 2.24) is 19.3 Å². The predicted octanol–water partition coefficient (Wildman–Crippen LogP) is 5.08. The Morgan fingerprint density at radius 3 is 2.25 bits per heavy atom. The van der Waals surface area contributed by atoms with Crippen LogP contribution in [-0.2, 0) is 18.0 Å². The summed E-state index contributed by atoms with van der Waals surface area (Å²) in [5, 5.41) is 1.54. The molecule has 0 aliphatic heterocycles. The van der Waals surface area contributed by atoms with Gasteiger partial charge in [0.25, 0.3) is 5.56 Å². The lowest BCUT2D eigenvalue weighted by Gasteiger charge is -2.13. The molecule has 0 bridgehead atoms. The number of hydrogen-bond acceptors (Lipinski definition) is 5. The third-order valence-electron chi connectivity index (χ3n) is 5.52. The molecule has 0 radical (unpaired) electrons. The van der Waals surface area contributed by atoms with Gasteiger partial charge in [-0.15, -0.1) is 0 Å². The molecule has 2 heterocycles. The van der Waals surface area contributed by atoms with E-state index in [0.29, 0.717) is 16.9 Å². The number of benzene rings is 2. The van der Waals surface area contributed by atoms with Crippen molar-refractivity contribution in [2.24, 2.45) is 7.05 Å². The summed E-state index contributed by atoms with van der Waals surface area (Å²) in [6.07, 6.45) is -4.68. The van der Waals surface area contributed by atoms with Gasteiger partial charge in [-0.25, -0.2) is 14.6 Å². The molecule has 0 fully saturated rings. The van der Waals surface area contributed by atoms with Crippen molar-refractivity contribution in [2.75, 3.05) is 5.32 Å². The first-order valence-corrected chi connectivity index (χ1v) is 11.8. The monoisotopic (exact) mass is 513 g/mol. The number of carbonyl (C=O) groups excluding carboxylic acids is 1. The maximum absolute atomic E-state index is 13.5. The highest BCUT2D eigenvalue weighted by atomic mass is 32.2. The Morgan fingerprint density at radius 2 is 1.64 bits per heavy atom. The van der Waals surface area contributed by atoms with E-state index in [1.807, 2.05) is 6.07 Å². The lowest BCUT2D eigenvalue weighted by Crippen LogP contribution is -2.27. The Morgan fingerprint density at radius 1 is 1.03 bits per heavy atom. The Bertz CT molecular complexity index is 1450. The van der Waals surface area contributed by atoms with Gasteiger partial charge in [-0.2, -0.15) is 13.2 Å². The number of carbonyl (C=O) groups is 1. The quantitative estimate of drug-likeness (QED) is 0.287. The molecule has 0 spiro atoms. The summed E-state index contributed by atoms with van der Waals surface area (Å²) in [5.41, 5.74) is 0.305. The van der Waals surface area contributed by atoms with E-state index in [4.69, 9.17) is 0 Å². The molecule has 1 amide bonds. The number of hydrogen-bond donors (Lipinski definition) is 1. The standard InChI is InChI=1S/C25H22F3N5O2S/c1-15-21(23(35)33(32(15)3)18-12-8-5-9-13-18)31-22(34)16(2)36-24-29-19(17-10-6-4-7-11-17)14-20(30-24)25(26,27)28/h4-14,16H,1-3H3,(H,31,34). The van der Waals surface area contributed by atoms with Crippen molar-refractivity contribution in [3.05, 3.63) is 88.5 Å². The molecule has 11 heteroatoms. The minimum Gasteiger partial charge on any atom is -0.319 e. The van der Waals surface area contributed by atoms with Gasteiger partial charge in [0.05, 0.1) is 22.3 Å². The van der Waals surface area contributed by atoms with E-state index >= 15 is 0 Å². The van der Waals surface area contributed by atoms with Crippen molar-refractivity contribution >= 4 is 23.4 Å². The summed E-state index contributed by atoms with van der Waals surface area (Å²) in [6.45, 7) is 3.20. The fraction of sp³-hybridized carbons (Fsp3) is 0.200. The molecule has 1 atom stereocenters. The number of rotatable bonds is 6. The van der Waals surface area contributed by atoms with Gasteiger partial charge in [-0.05, 0) is 32.0 Å². The largest absolute Gasteiger partial charge is 0.433 e. The van der Waals surface area contributed by atoms with Gasteiger partial charge >= 0.3 is 6.18 Å². The maximum Gasteiger partial charge on any atom is 0.433 e. The van der Waals surface area contributed by atoms with Crippen molar-refractivity contribution in [3.63, 3.8) is 0 Å². The van der Waals surface area contributed by atoms with Gasteiger partial charge in [0.15, 0.2) is 5.16 Å². The van der Waals surface area contributed by atoms with Gasteiger partial charge in [0.1, 0.15) is 11.4 Å². The second-order valence-electron chi connectivity index (χ2n) is 7.97. The molecule has 0 aliphatic carbocycles. The fourth-order valence-electron chi connectivity index (χ4n) is 3.53. The first-order chi connectivity index (χ1) is 17.1. The van der Waals surface area contributed by atoms with E-state index in [1.165, 1.54) is 11.6 Å². The third kappa shape index (κ3) is 5.20. The van der Waals surface area contributed by atoms with E-state index in [0.717, 1.165) is 17.8 Å². The number of anilines is 1. The summed E-state index contributed by atoms with van der Waals surface area (Å²) in [4.78, 5) is 33.9. The van der Waals surface area contributed by atoms with Crippen LogP contribution in [0.5, 0.6) is 0 Å². The van der Waals surface area contributed by atoms with Crippen LogP contribution in [0.1, 0.15) is 18.3 Å².